The molecule has 0 aromatic rings. The third-order valence-corrected chi connectivity index (χ3v) is 8.41. The van der Waals surface area contributed by atoms with Crippen molar-refractivity contribution < 1.29 is 18.7 Å². The zero-order valence-electron chi connectivity index (χ0n) is 15.2. The highest BCUT2D eigenvalue weighted by molar-refractivity contribution is 5.87. The average Bonchev–Trinajstić information content (AvgIpc) is 2.90. The fourth-order valence-electron chi connectivity index (χ4n) is 6.99. The summed E-state index contributed by atoms with van der Waals surface area (Å²) >= 11 is 0. The molecule has 4 saturated carbocycles. The quantitative estimate of drug-likeness (QED) is 0.710. The second kappa shape index (κ2) is 5.77. The number of rotatable bonds is 2. The van der Waals surface area contributed by atoms with Crippen molar-refractivity contribution in [2.75, 3.05) is 14.2 Å². The Morgan fingerprint density at radius 2 is 1.67 bits per heavy atom. The van der Waals surface area contributed by atoms with Gasteiger partial charge in [-0.3, -0.25) is 4.79 Å². The number of methoxy groups -OCH3 is 2. The van der Waals surface area contributed by atoms with E-state index in [-0.39, 0.29) is 11.3 Å². The van der Waals surface area contributed by atoms with E-state index in [1.807, 2.05) is 0 Å². The summed E-state index contributed by atoms with van der Waals surface area (Å²) < 4.78 is 26.4. The molecule has 4 aliphatic carbocycles. The summed E-state index contributed by atoms with van der Waals surface area (Å²) in [6.07, 6.45) is 6.20. The van der Waals surface area contributed by atoms with Gasteiger partial charge >= 0.3 is 0 Å². The van der Waals surface area contributed by atoms with Crippen LogP contribution in [0.2, 0.25) is 0 Å². The van der Waals surface area contributed by atoms with Crippen molar-refractivity contribution in [1.82, 2.24) is 0 Å². The van der Waals surface area contributed by atoms with Crippen LogP contribution in [0.5, 0.6) is 0 Å². The van der Waals surface area contributed by atoms with E-state index in [9.17, 15) is 4.79 Å². The topological polar surface area (TPSA) is 35.5 Å². The largest absolute Gasteiger partial charge is 0.353 e. The van der Waals surface area contributed by atoms with E-state index in [4.69, 9.17) is 9.47 Å². The summed E-state index contributed by atoms with van der Waals surface area (Å²) in [5.41, 5.74) is -0.162. The maximum absolute atomic E-state index is 15.2. The van der Waals surface area contributed by atoms with Gasteiger partial charge in [0.25, 0.3) is 0 Å². The molecule has 7 atom stereocenters. The van der Waals surface area contributed by atoms with Gasteiger partial charge in [0.05, 0.1) is 0 Å². The number of Topliss-reactive ketones (excluding diaryl/α,β-unsaturated/α-hetero) is 1. The highest BCUT2D eigenvalue weighted by Crippen LogP contribution is 2.62. The summed E-state index contributed by atoms with van der Waals surface area (Å²) in [7, 11) is 3.36. The van der Waals surface area contributed by atoms with Crippen molar-refractivity contribution in [3.8, 4) is 0 Å². The normalized spacial score (nSPS) is 50.1. The number of carbonyl (C=O) groups is 1. The zero-order valence-corrected chi connectivity index (χ0v) is 15.2. The van der Waals surface area contributed by atoms with Crippen LogP contribution in [0.4, 0.5) is 4.39 Å². The molecule has 136 valence electrons. The average molecular weight is 338 g/mol. The van der Waals surface area contributed by atoms with Crippen LogP contribution in [-0.2, 0) is 14.3 Å². The van der Waals surface area contributed by atoms with Crippen molar-refractivity contribution in [2.45, 2.75) is 70.2 Å². The Balaban J connectivity index is 1.58. The lowest BCUT2D eigenvalue weighted by Gasteiger charge is -2.56. The number of hydrogen-bond donors (Lipinski definition) is 0. The number of halogens is 1. The van der Waals surface area contributed by atoms with Crippen LogP contribution in [0.1, 0.15) is 58.3 Å². The van der Waals surface area contributed by atoms with Crippen LogP contribution in [0, 0.1) is 35.0 Å². The summed E-state index contributed by atoms with van der Waals surface area (Å²) in [6.45, 7) is 2.16. The fraction of sp³-hybridized carbons (Fsp3) is 0.950. The van der Waals surface area contributed by atoms with Gasteiger partial charge in [-0.25, -0.2) is 4.39 Å². The van der Waals surface area contributed by atoms with Crippen molar-refractivity contribution >= 4 is 5.78 Å². The molecular formula is C20H31FO3. The van der Waals surface area contributed by atoms with Crippen molar-refractivity contribution in [3.05, 3.63) is 0 Å². The van der Waals surface area contributed by atoms with Gasteiger partial charge in [-0.2, -0.15) is 0 Å². The predicted molar refractivity (Wildman–Crippen MR) is 89.1 cm³/mol. The van der Waals surface area contributed by atoms with Gasteiger partial charge in [-0.1, -0.05) is 6.92 Å². The maximum Gasteiger partial charge on any atom is 0.167 e. The first kappa shape index (κ1) is 17.0. The van der Waals surface area contributed by atoms with E-state index in [1.54, 1.807) is 14.2 Å². The monoisotopic (exact) mass is 338 g/mol. The predicted octanol–water partition coefficient (Wildman–Crippen LogP) is 4.15. The van der Waals surface area contributed by atoms with Gasteiger partial charge in [-0.05, 0) is 61.7 Å². The molecule has 0 spiro atoms. The molecule has 0 bridgehead atoms. The van der Waals surface area contributed by atoms with Crippen LogP contribution < -0.4 is 0 Å². The molecule has 0 N–H and O–H groups in total. The second-order valence-electron chi connectivity index (χ2n) is 8.99. The molecule has 4 fully saturated rings. The Kier molecular flexibility index (Phi) is 4.08. The maximum atomic E-state index is 15.2. The zero-order chi connectivity index (χ0) is 17.1. The Labute approximate surface area is 144 Å². The molecule has 0 aromatic carbocycles. The number of hydrogen-bond acceptors (Lipinski definition) is 3. The SMILES string of the molecule is COC1(OC)CCC2C(C1)C(F)CC1C2CCC2(C)C(=O)CCC12. The minimum absolute atomic E-state index is 0.0568. The molecule has 24 heavy (non-hydrogen) atoms. The van der Waals surface area contributed by atoms with Gasteiger partial charge < -0.3 is 9.47 Å². The van der Waals surface area contributed by atoms with E-state index >= 15 is 4.39 Å². The molecule has 0 radical (unpaired) electrons. The van der Waals surface area contributed by atoms with Gasteiger partial charge in [-0.15, -0.1) is 0 Å². The molecule has 4 heteroatoms. The first-order valence-corrected chi connectivity index (χ1v) is 9.72. The van der Waals surface area contributed by atoms with Crippen molar-refractivity contribution in [3.63, 3.8) is 0 Å². The third kappa shape index (κ3) is 2.25. The number of alkyl halides is 1. The lowest BCUT2D eigenvalue weighted by Crippen LogP contribution is -2.55. The molecule has 7 unspecified atom stereocenters. The lowest BCUT2D eigenvalue weighted by atomic mass is 9.50. The van der Waals surface area contributed by atoms with Crippen molar-refractivity contribution in [1.29, 1.82) is 0 Å². The van der Waals surface area contributed by atoms with E-state index in [0.717, 1.165) is 32.1 Å². The summed E-state index contributed by atoms with van der Waals surface area (Å²) in [4.78, 5) is 12.4. The Bertz CT molecular complexity index is 517. The van der Waals surface area contributed by atoms with Crippen LogP contribution in [0.25, 0.3) is 0 Å². The Morgan fingerprint density at radius 1 is 1.00 bits per heavy atom. The molecule has 0 saturated heterocycles. The molecule has 0 amide bonds. The fourth-order valence-corrected chi connectivity index (χ4v) is 6.99. The van der Waals surface area contributed by atoms with Gasteiger partial charge in [0.15, 0.2) is 5.79 Å². The van der Waals surface area contributed by atoms with Gasteiger partial charge in [0.1, 0.15) is 12.0 Å². The number of ketones is 1. The Morgan fingerprint density at radius 3 is 2.38 bits per heavy atom. The molecule has 0 aromatic heterocycles. The van der Waals surface area contributed by atoms with Crippen LogP contribution in [0.3, 0.4) is 0 Å². The Hall–Kier alpha value is -0.480. The van der Waals surface area contributed by atoms with E-state index in [0.29, 0.717) is 48.7 Å². The third-order valence-electron chi connectivity index (χ3n) is 8.41. The number of fused-ring (bicyclic) bond motifs is 5. The molecule has 4 aliphatic rings. The summed E-state index contributed by atoms with van der Waals surface area (Å²) in [6, 6.07) is 0. The van der Waals surface area contributed by atoms with Crippen LogP contribution in [-0.4, -0.2) is 32.0 Å². The number of carbonyl (C=O) groups excluding carboxylic acids is 1. The second-order valence-corrected chi connectivity index (χ2v) is 8.99. The lowest BCUT2D eigenvalue weighted by molar-refractivity contribution is -0.253. The number of ether oxygens (including phenoxy) is 2. The van der Waals surface area contributed by atoms with Gasteiger partial charge in [0, 0.05) is 38.9 Å². The van der Waals surface area contributed by atoms with Crippen molar-refractivity contribution in [2.24, 2.45) is 35.0 Å². The summed E-state index contributed by atoms with van der Waals surface area (Å²) in [5, 5.41) is 0. The van der Waals surface area contributed by atoms with Crippen LogP contribution >= 0.6 is 0 Å². The highest BCUT2D eigenvalue weighted by atomic mass is 19.1. The van der Waals surface area contributed by atoms with E-state index in [1.165, 1.54) is 0 Å². The standard InChI is InChI=1S/C20H31FO3/c1-19-8-6-12-13-7-9-20(23-2,24-3)11-15(13)17(21)10-14(12)16(19)4-5-18(19)22/h12-17H,4-11H2,1-3H3. The molecule has 4 rings (SSSR count). The van der Waals surface area contributed by atoms with E-state index in [2.05, 4.69) is 6.92 Å². The first-order chi connectivity index (χ1) is 11.4. The molecule has 0 aliphatic heterocycles. The molecule has 0 heterocycles. The molecule has 3 nitrogen and oxygen atoms in total. The first-order valence-electron chi connectivity index (χ1n) is 9.72. The summed E-state index contributed by atoms with van der Waals surface area (Å²) in [5.74, 6) is 1.76. The van der Waals surface area contributed by atoms with Crippen LogP contribution in [0.15, 0.2) is 0 Å². The minimum Gasteiger partial charge on any atom is -0.353 e. The highest BCUT2D eigenvalue weighted by Gasteiger charge is 2.60. The minimum atomic E-state index is -0.778. The molecular weight excluding hydrogens is 307 g/mol. The van der Waals surface area contributed by atoms with E-state index < -0.39 is 12.0 Å². The van der Waals surface area contributed by atoms with Gasteiger partial charge in [0.2, 0.25) is 0 Å². The smallest absolute Gasteiger partial charge is 0.167 e.